The lowest BCUT2D eigenvalue weighted by molar-refractivity contribution is 0.0746. The van der Waals surface area contributed by atoms with Crippen molar-refractivity contribution in [1.29, 1.82) is 0 Å². The van der Waals surface area contributed by atoms with Crippen molar-refractivity contribution in [3.63, 3.8) is 0 Å². The minimum Gasteiger partial charge on any atom is -0.494 e. The van der Waals surface area contributed by atoms with Crippen LogP contribution in [0.5, 0.6) is 5.75 Å². The van der Waals surface area contributed by atoms with Gasteiger partial charge < -0.3 is 14.5 Å². The number of hydrogen-bond donors (Lipinski definition) is 0. The quantitative estimate of drug-likeness (QED) is 0.250. The van der Waals surface area contributed by atoms with Crippen LogP contribution in [0.2, 0.25) is 0 Å². The van der Waals surface area contributed by atoms with Gasteiger partial charge in [-0.2, -0.15) is 5.10 Å². The molecule has 0 N–H and O–H groups in total. The van der Waals surface area contributed by atoms with Gasteiger partial charge in [0.05, 0.1) is 23.4 Å². The minimum atomic E-state index is 0.0549. The Morgan fingerprint density at radius 2 is 1.62 bits per heavy atom. The Bertz CT molecular complexity index is 1390. The third-order valence-corrected chi connectivity index (χ3v) is 7.22. The Morgan fingerprint density at radius 1 is 0.897 bits per heavy atom. The van der Waals surface area contributed by atoms with Crippen LogP contribution in [0, 0.1) is 6.92 Å². The molecule has 0 unspecified atom stereocenters. The van der Waals surface area contributed by atoms with Crippen LogP contribution in [0.4, 0.5) is 5.82 Å². The standard InChI is InChI=1S/C31H38N6O2/c1-4-6-13-27-32-29(28-23(3)34-37(30(28)33-27)25-11-9-8-10-12-25)35-18-20-36(21-19-35)31(38)24-14-16-26(17-15-24)39-22-7-5-2/h8-12,14-17H,4-7,13,18-22H2,1-3H3. The normalized spacial score (nSPS) is 13.7. The van der Waals surface area contributed by atoms with Crippen molar-refractivity contribution < 1.29 is 9.53 Å². The molecule has 39 heavy (non-hydrogen) atoms. The number of rotatable bonds is 10. The van der Waals surface area contributed by atoms with Crippen LogP contribution >= 0.6 is 0 Å². The van der Waals surface area contributed by atoms with Gasteiger partial charge in [0.1, 0.15) is 17.4 Å². The predicted octanol–water partition coefficient (Wildman–Crippen LogP) is 5.61. The number of fused-ring (bicyclic) bond motifs is 1. The van der Waals surface area contributed by atoms with Crippen LogP contribution in [0.3, 0.4) is 0 Å². The van der Waals surface area contributed by atoms with E-state index in [1.165, 1.54) is 0 Å². The number of piperazine rings is 1. The molecule has 4 aromatic rings. The second-order valence-electron chi connectivity index (χ2n) is 10.1. The van der Waals surface area contributed by atoms with Crippen molar-refractivity contribution in [3.8, 4) is 11.4 Å². The second-order valence-corrected chi connectivity index (χ2v) is 10.1. The van der Waals surface area contributed by atoms with Crippen LogP contribution in [0.15, 0.2) is 54.6 Å². The summed E-state index contributed by atoms with van der Waals surface area (Å²) in [6.07, 6.45) is 5.07. The molecule has 3 heterocycles. The van der Waals surface area contributed by atoms with E-state index in [0.29, 0.717) is 38.3 Å². The summed E-state index contributed by atoms with van der Waals surface area (Å²) in [7, 11) is 0. The Kier molecular flexibility index (Phi) is 8.39. The number of amides is 1. The average molecular weight is 527 g/mol. The van der Waals surface area contributed by atoms with Crippen LogP contribution in [-0.2, 0) is 6.42 Å². The maximum atomic E-state index is 13.2. The number of ether oxygens (including phenoxy) is 1. The third-order valence-electron chi connectivity index (χ3n) is 7.22. The Balaban J connectivity index is 1.35. The SMILES string of the molecule is CCCCOc1ccc(C(=O)N2CCN(c3nc(CCCC)nc4c3c(C)nn4-c3ccccc3)CC2)cc1. The molecule has 1 fully saturated rings. The van der Waals surface area contributed by atoms with Gasteiger partial charge in [-0.25, -0.2) is 14.6 Å². The second kappa shape index (κ2) is 12.3. The molecule has 2 aromatic carbocycles. The summed E-state index contributed by atoms with van der Waals surface area (Å²) in [6, 6.07) is 17.6. The number of anilines is 1. The van der Waals surface area contributed by atoms with Crippen molar-refractivity contribution in [2.45, 2.75) is 52.9 Å². The van der Waals surface area contributed by atoms with Gasteiger partial charge in [-0.15, -0.1) is 0 Å². The highest BCUT2D eigenvalue weighted by atomic mass is 16.5. The largest absolute Gasteiger partial charge is 0.494 e. The molecule has 0 aliphatic carbocycles. The first kappa shape index (κ1) is 26.7. The van der Waals surface area contributed by atoms with E-state index >= 15 is 0 Å². The molecule has 2 aromatic heterocycles. The summed E-state index contributed by atoms with van der Waals surface area (Å²) in [4.78, 5) is 27.5. The summed E-state index contributed by atoms with van der Waals surface area (Å²) in [5.74, 6) is 2.63. The molecule has 8 heteroatoms. The molecule has 0 bridgehead atoms. The molecule has 5 rings (SSSR count). The molecule has 1 amide bonds. The first-order chi connectivity index (χ1) is 19.1. The zero-order chi connectivity index (χ0) is 27.2. The molecule has 0 spiro atoms. The van der Waals surface area contributed by atoms with E-state index < -0.39 is 0 Å². The number of unbranched alkanes of at least 4 members (excludes halogenated alkanes) is 2. The molecule has 0 radical (unpaired) electrons. The predicted molar refractivity (Wildman–Crippen MR) is 155 cm³/mol. The zero-order valence-corrected chi connectivity index (χ0v) is 23.3. The smallest absolute Gasteiger partial charge is 0.253 e. The topological polar surface area (TPSA) is 76.4 Å². The monoisotopic (exact) mass is 526 g/mol. The molecule has 1 aliphatic rings. The number of aromatic nitrogens is 4. The van der Waals surface area contributed by atoms with E-state index in [-0.39, 0.29) is 5.91 Å². The third kappa shape index (κ3) is 5.90. The summed E-state index contributed by atoms with van der Waals surface area (Å²) >= 11 is 0. The molecule has 0 saturated carbocycles. The number of aryl methyl sites for hydroxylation is 2. The van der Waals surface area contributed by atoms with E-state index in [1.54, 1.807) is 0 Å². The van der Waals surface area contributed by atoms with Crippen molar-refractivity contribution in [2.24, 2.45) is 0 Å². The van der Waals surface area contributed by atoms with Crippen molar-refractivity contribution in [3.05, 3.63) is 71.7 Å². The number of benzene rings is 2. The average Bonchev–Trinajstić information content (AvgIpc) is 3.32. The van der Waals surface area contributed by atoms with Gasteiger partial charge >= 0.3 is 0 Å². The lowest BCUT2D eigenvalue weighted by Crippen LogP contribution is -2.49. The highest BCUT2D eigenvalue weighted by Crippen LogP contribution is 2.30. The molecule has 8 nitrogen and oxygen atoms in total. The van der Waals surface area contributed by atoms with Crippen LogP contribution in [0.1, 0.15) is 61.4 Å². The van der Waals surface area contributed by atoms with Crippen molar-refractivity contribution >= 4 is 22.8 Å². The van der Waals surface area contributed by atoms with Crippen LogP contribution in [0.25, 0.3) is 16.7 Å². The lowest BCUT2D eigenvalue weighted by Gasteiger charge is -2.36. The highest BCUT2D eigenvalue weighted by Gasteiger charge is 2.27. The molecule has 204 valence electrons. The Labute approximate surface area is 230 Å². The van der Waals surface area contributed by atoms with Gasteiger partial charge in [0.15, 0.2) is 5.65 Å². The number of hydrogen-bond acceptors (Lipinski definition) is 6. The van der Waals surface area contributed by atoms with Crippen molar-refractivity contribution in [1.82, 2.24) is 24.6 Å². The van der Waals surface area contributed by atoms with E-state index in [0.717, 1.165) is 71.9 Å². The maximum absolute atomic E-state index is 13.2. The van der Waals surface area contributed by atoms with Gasteiger partial charge in [0, 0.05) is 38.2 Å². The molecule has 1 aliphatic heterocycles. The number of carbonyl (C=O) groups is 1. The fourth-order valence-electron chi connectivity index (χ4n) is 4.96. The van der Waals surface area contributed by atoms with Crippen LogP contribution < -0.4 is 9.64 Å². The number of nitrogens with zero attached hydrogens (tertiary/aromatic N) is 6. The molecule has 0 atom stereocenters. The number of carbonyl (C=O) groups excluding carboxylic acids is 1. The maximum Gasteiger partial charge on any atom is 0.253 e. The van der Waals surface area contributed by atoms with Gasteiger partial charge in [-0.1, -0.05) is 44.9 Å². The number of para-hydroxylation sites is 1. The zero-order valence-electron chi connectivity index (χ0n) is 23.3. The van der Waals surface area contributed by atoms with Gasteiger partial charge in [-0.05, 0) is 56.2 Å². The first-order valence-corrected chi connectivity index (χ1v) is 14.2. The Morgan fingerprint density at radius 3 is 2.31 bits per heavy atom. The van der Waals surface area contributed by atoms with E-state index in [1.807, 2.05) is 71.1 Å². The minimum absolute atomic E-state index is 0.0549. The van der Waals surface area contributed by atoms with E-state index in [4.69, 9.17) is 19.8 Å². The van der Waals surface area contributed by atoms with Gasteiger partial charge in [-0.3, -0.25) is 4.79 Å². The fourth-order valence-corrected chi connectivity index (χ4v) is 4.96. The van der Waals surface area contributed by atoms with Gasteiger partial charge in [0.2, 0.25) is 0 Å². The van der Waals surface area contributed by atoms with Crippen molar-refractivity contribution in [2.75, 3.05) is 37.7 Å². The highest BCUT2D eigenvalue weighted by molar-refractivity contribution is 5.95. The summed E-state index contributed by atoms with van der Waals surface area (Å²) in [6.45, 7) is 9.73. The van der Waals surface area contributed by atoms with Gasteiger partial charge in [0.25, 0.3) is 5.91 Å². The summed E-state index contributed by atoms with van der Waals surface area (Å²) in [5.41, 5.74) is 3.43. The molecular formula is C31H38N6O2. The van der Waals surface area contributed by atoms with E-state index in [9.17, 15) is 4.79 Å². The molecular weight excluding hydrogens is 488 g/mol. The first-order valence-electron chi connectivity index (χ1n) is 14.2. The lowest BCUT2D eigenvalue weighted by atomic mass is 10.1. The van der Waals surface area contributed by atoms with E-state index in [2.05, 4.69) is 18.7 Å². The van der Waals surface area contributed by atoms with Crippen LogP contribution in [-0.4, -0.2) is 63.3 Å². The summed E-state index contributed by atoms with van der Waals surface area (Å²) in [5, 5.41) is 5.85. The fraction of sp³-hybridized carbons (Fsp3) is 0.419. The Hall–Kier alpha value is -3.94. The molecule has 1 saturated heterocycles. The summed E-state index contributed by atoms with van der Waals surface area (Å²) < 4.78 is 7.68.